The van der Waals surface area contributed by atoms with Crippen LogP contribution in [0.1, 0.15) is 22.3 Å². The quantitative estimate of drug-likeness (QED) is 0.867. The van der Waals surface area contributed by atoms with E-state index in [1.54, 1.807) is 18.0 Å². The highest BCUT2D eigenvalue weighted by Crippen LogP contribution is 2.32. The molecule has 0 saturated heterocycles. The third-order valence-corrected chi connectivity index (χ3v) is 3.68. The molecule has 0 fully saturated rings. The number of nitrogens with one attached hydrogen (secondary N) is 1. The minimum absolute atomic E-state index is 0.000813. The zero-order valence-electron chi connectivity index (χ0n) is 14.4. The standard InChI is InChI=1S/C19H21F3N2O/c1-13-8-14(2)10-16(9-13)23-18(25)12-24(3)11-15-6-4-5-7-17(15)19(20,21)22/h4-10H,11-12H2,1-3H3,(H,23,25). The van der Waals surface area contributed by atoms with Crippen LogP contribution in [-0.2, 0) is 17.5 Å². The Morgan fingerprint density at radius 2 is 1.68 bits per heavy atom. The van der Waals surface area contributed by atoms with E-state index in [0.717, 1.165) is 17.2 Å². The zero-order valence-corrected chi connectivity index (χ0v) is 14.4. The molecule has 2 rings (SSSR count). The highest BCUT2D eigenvalue weighted by molar-refractivity contribution is 5.92. The number of likely N-dealkylation sites (N-methyl/N-ethyl adjacent to an activating group) is 1. The van der Waals surface area contributed by atoms with Gasteiger partial charge in [-0.3, -0.25) is 9.69 Å². The van der Waals surface area contributed by atoms with E-state index in [-0.39, 0.29) is 24.6 Å². The molecule has 0 bridgehead atoms. The number of halogens is 3. The molecular formula is C19H21F3N2O. The number of aryl methyl sites for hydroxylation is 2. The zero-order chi connectivity index (χ0) is 18.6. The maximum atomic E-state index is 13.0. The van der Waals surface area contributed by atoms with Crippen molar-refractivity contribution in [2.75, 3.05) is 18.9 Å². The first kappa shape index (κ1) is 19.0. The second-order valence-corrected chi connectivity index (χ2v) is 6.25. The van der Waals surface area contributed by atoms with Crippen molar-refractivity contribution in [1.82, 2.24) is 4.90 Å². The minimum atomic E-state index is -4.40. The van der Waals surface area contributed by atoms with Crippen LogP contribution in [-0.4, -0.2) is 24.4 Å². The van der Waals surface area contributed by atoms with Gasteiger partial charge < -0.3 is 5.32 Å². The number of anilines is 1. The molecule has 0 spiro atoms. The van der Waals surface area contributed by atoms with Crippen molar-refractivity contribution in [1.29, 1.82) is 0 Å². The van der Waals surface area contributed by atoms with Crippen LogP contribution in [0.5, 0.6) is 0 Å². The van der Waals surface area contributed by atoms with Crippen LogP contribution in [0.4, 0.5) is 18.9 Å². The fraction of sp³-hybridized carbons (Fsp3) is 0.316. The van der Waals surface area contributed by atoms with Gasteiger partial charge in [0.15, 0.2) is 0 Å². The number of carbonyl (C=O) groups excluding carboxylic acids is 1. The number of benzene rings is 2. The van der Waals surface area contributed by atoms with Gasteiger partial charge in [-0.15, -0.1) is 0 Å². The first-order valence-electron chi connectivity index (χ1n) is 7.87. The molecule has 0 radical (unpaired) electrons. The summed E-state index contributed by atoms with van der Waals surface area (Å²) in [5.41, 5.74) is 2.23. The first-order valence-corrected chi connectivity index (χ1v) is 7.87. The van der Waals surface area contributed by atoms with Gasteiger partial charge in [0.05, 0.1) is 12.1 Å². The van der Waals surface area contributed by atoms with Crippen molar-refractivity contribution in [3.05, 3.63) is 64.7 Å². The van der Waals surface area contributed by atoms with Crippen LogP contribution >= 0.6 is 0 Å². The summed E-state index contributed by atoms with van der Waals surface area (Å²) in [6.07, 6.45) is -4.40. The molecule has 1 amide bonds. The van der Waals surface area contributed by atoms with Gasteiger partial charge in [0, 0.05) is 12.2 Å². The highest BCUT2D eigenvalue weighted by Gasteiger charge is 2.33. The van der Waals surface area contributed by atoms with Crippen LogP contribution in [0.25, 0.3) is 0 Å². The molecule has 6 heteroatoms. The normalized spacial score (nSPS) is 11.6. The monoisotopic (exact) mass is 350 g/mol. The fourth-order valence-corrected chi connectivity index (χ4v) is 2.77. The number of hydrogen-bond acceptors (Lipinski definition) is 2. The summed E-state index contributed by atoms with van der Waals surface area (Å²) in [4.78, 5) is 13.7. The molecule has 25 heavy (non-hydrogen) atoms. The smallest absolute Gasteiger partial charge is 0.325 e. The number of rotatable bonds is 5. The Hall–Kier alpha value is -2.34. The highest BCUT2D eigenvalue weighted by atomic mass is 19.4. The summed E-state index contributed by atoms with van der Waals surface area (Å²) >= 11 is 0. The van der Waals surface area contributed by atoms with E-state index in [0.29, 0.717) is 5.69 Å². The Labute approximate surface area is 145 Å². The van der Waals surface area contributed by atoms with Crippen LogP contribution < -0.4 is 5.32 Å². The summed E-state index contributed by atoms with van der Waals surface area (Å²) in [6, 6.07) is 11.1. The van der Waals surface area contributed by atoms with Crippen molar-refractivity contribution < 1.29 is 18.0 Å². The molecule has 3 nitrogen and oxygen atoms in total. The lowest BCUT2D eigenvalue weighted by Gasteiger charge is -2.19. The molecule has 2 aromatic carbocycles. The summed E-state index contributed by atoms with van der Waals surface area (Å²) in [5.74, 6) is -0.267. The van der Waals surface area contributed by atoms with E-state index in [2.05, 4.69) is 5.32 Å². The average Bonchev–Trinajstić information content (AvgIpc) is 2.44. The molecule has 0 heterocycles. The summed E-state index contributed by atoms with van der Waals surface area (Å²) in [7, 11) is 1.62. The molecule has 0 aromatic heterocycles. The maximum absolute atomic E-state index is 13.0. The van der Waals surface area contributed by atoms with Crippen molar-refractivity contribution in [3.8, 4) is 0 Å². The van der Waals surface area contributed by atoms with Crippen LogP contribution in [0.15, 0.2) is 42.5 Å². The minimum Gasteiger partial charge on any atom is -0.325 e. The Morgan fingerprint density at radius 3 is 2.28 bits per heavy atom. The SMILES string of the molecule is Cc1cc(C)cc(NC(=O)CN(C)Cc2ccccc2C(F)(F)F)c1. The van der Waals surface area contributed by atoms with Gasteiger partial charge in [0.2, 0.25) is 5.91 Å². The molecule has 0 unspecified atom stereocenters. The van der Waals surface area contributed by atoms with E-state index < -0.39 is 11.7 Å². The number of amides is 1. The summed E-state index contributed by atoms with van der Waals surface area (Å²) in [5, 5.41) is 2.78. The third kappa shape index (κ3) is 5.60. The lowest BCUT2D eigenvalue weighted by Crippen LogP contribution is -2.30. The summed E-state index contributed by atoms with van der Waals surface area (Å²) in [6.45, 7) is 3.90. The lowest BCUT2D eigenvalue weighted by molar-refractivity contribution is -0.138. The van der Waals surface area contributed by atoms with Crippen LogP contribution in [0.3, 0.4) is 0 Å². The number of alkyl halides is 3. The summed E-state index contributed by atoms with van der Waals surface area (Å²) < 4.78 is 39.1. The molecule has 134 valence electrons. The molecule has 0 aliphatic rings. The topological polar surface area (TPSA) is 32.3 Å². The number of carbonyl (C=O) groups is 1. The molecule has 2 aromatic rings. The van der Waals surface area contributed by atoms with Gasteiger partial charge in [-0.05, 0) is 55.8 Å². The maximum Gasteiger partial charge on any atom is 0.416 e. The van der Waals surface area contributed by atoms with Gasteiger partial charge >= 0.3 is 6.18 Å². The largest absolute Gasteiger partial charge is 0.416 e. The van der Waals surface area contributed by atoms with E-state index in [1.165, 1.54) is 12.1 Å². The van der Waals surface area contributed by atoms with Crippen LogP contribution in [0.2, 0.25) is 0 Å². The van der Waals surface area contributed by atoms with E-state index in [4.69, 9.17) is 0 Å². The van der Waals surface area contributed by atoms with Crippen molar-refractivity contribution in [3.63, 3.8) is 0 Å². The van der Waals surface area contributed by atoms with Gasteiger partial charge in [0.25, 0.3) is 0 Å². The lowest BCUT2D eigenvalue weighted by atomic mass is 10.1. The van der Waals surface area contributed by atoms with Crippen molar-refractivity contribution in [2.24, 2.45) is 0 Å². The Kier molecular flexibility index (Phi) is 5.85. The van der Waals surface area contributed by atoms with Crippen molar-refractivity contribution >= 4 is 11.6 Å². The number of hydrogen-bond donors (Lipinski definition) is 1. The van der Waals surface area contributed by atoms with E-state index >= 15 is 0 Å². The molecule has 0 aliphatic carbocycles. The van der Waals surface area contributed by atoms with E-state index in [9.17, 15) is 18.0 Å². The molecule has 1 N–H and O–H groups in total. The predicted molar refractivity (Wildman–Crippen MR) is 92.3 cm³/mol. The molecule has 0 saturated carbocycles. The van der Waals surface area contributed by atoms with Gasteiger partial charge in [0.1, 0.15) is 0 Å². The first-order chi connectivity index (χ1) is 11.6. The number of nitrogens with zero attached hydrogens (tertiary/aromatic N) is 1. The van der Waals surface area contributed by atoms with Crippen LogP contribution in [0, 0.1) is 13.8 Å². The van der Waals surface area contributed by atoms with E-state index in [1.807, 2.05) is 32.0 Å². The van der Waals surface area contributed by atoms with Gasteiger partial charge in [-0.2, -0.15) is 13.2 Å². The Balaban J connectivity index is 2.01. The Bertz CT molecular complexity index is 736. The fourth-order valence-electron chi connectivity index (χ4n) is 2.77. The predicted octanol–water partition coefficient (Wildman–Crippen LogP) is 4.39. The second-order valence-electron chi connectivity index (χ2n) is 6.25. The third-order valence-electron chi connectivity index (χ3n) is 3.68. The average molecular weight is 350 g/mol. The molecule has 0 aliphatic heterocycles. The molecular weight excluding hydrogens is 329 g/mol. The van der Waals surface area contributed by atoms with Gasteiger partial charge in [-0.25, -0.2) is 0 Å². The molecule has 0 atom stereocenters. The van der Waals surface area contributed by atoms with Crippen molar-refractivity contribution in [2.45, 2.75) is 26.6 Å². The second kappa shape index (κ2) is 7.70. The van der Waals surface area contributed by atoms with Gasteiger partial charge in [-0.1, -0.05) is 24.3 Å². The Morgan fingerprint density at radius 1 is 1.08 bits per heavy atom.